The largest absolute Gasteiger partial charge is 0.480 e. The van der Waals surface area contributed by atoms with Gasteiger partial charge in [-0.1, -0.05) is 42.5 Å². The van der Waals surface area contributed by atoms with E-state index in [1.807, 2.05) is 55.5 Å². The molecule has 1 N–H and O–H groups in total. The molecule has 9 heteroatoms. The minimum Gasteiger partial charge on any atom is -0.480 e. The molecule has 0 bridgehead atoms. The van der Waals surface area contributed by atoms with E-state index in [-0.39, 0.29) is 12.3 Å². The first-order chi connectivity index (χ1) is 17.3. The van der Waals surface area contributed by atoms with E-state index in [2.05, 4.69) is 15.2 Å². The highest BCUT2D eigenvalue weighted by Gasteiger charge is 2.43. The molecule has 5 rings (SSSR count). The van der Waals surface area contributed by atoms with Crippen molar-refractivity contribution in [3.05, 3.63) is 71.8 Å². The SMILES string of the molecule is Cc1c(-c2ccccc2)cccc1-c1nc2cc(CN3CCC[C@@]3([Si])C(=O)O)c(OC(F)F)cc2o1. The number of likely N-dealkylation sites (tertiary alicyclic amines) is 1. The molecule has 3 aromatic carbocycles. The topological polar surface area (TPSA) is 75.8 Å². The molecule has 1 aliphatic heterocycles. The van der Waals surface area contributed by atoms with E-state index >= 15 is 0 Å². The van der Waals surface area contributed by atoms with E-state index in [1.165, 1.54) is 6.07 Å². The van der Waals surface area contributed by atoms with Gasteiger partial charge in [0.1, 0.15) is 16.4 Å². The summed E-state index contributed by atoms with van der Waals surface area (Å²) in [5.74, 6) is -0.727. The van der Waals surface area contributed by atoms with E-state index < -0.39 is 17.7 Å². The van der Waals surface area contributed by atoms with Gasteiger partial charge in [-0.25, -0.2) is 4.98 Å². The van der Waals surface area contributed by atoms with Crippen molar-refractivity contribution < 1.29 is 27.8 Å². The summed E-state index contributed by atoms with van der Waals surface area (Å²) in [6, 6.07) is 18.8. The van der Waals surface area contributed by atoms with Crippen LogP contribution in [0.25, 0.3) is 33.7 Å². The molecule has 6 nitrogen and oxygen atoms in total. The monoisotopic (exact) mass is 505 g/mol. The number of aromatic nitrogens is 1. The van der Waals surface area contributed by atoms with Crippen molar-refractivity contribution >= 4 is 27.3 Å². The van der Waals surface area contributed by atoms with E-state index in [0.29, 0.717) is 41.9 Å². The Morgan fingerprint density at radius 1 is 1.19 bits per heavy atom. The van der Waals surface area contributed by atoms with Gasteiger partial charge < -0.3 is 14.3 Å². The summed E-state index contributed by atoms with van der Waals surface area (Å²) in [6.07, 6.45) is 1.06. The number of benzene rings is 3. The summed E-state index contributed by atoms with van der Waals surface area (Å²) in [4.78, 5) is 18.2. The normalized spacial score (nSPS) is 18.2. The van der Waals surface area contributed by atoms with Crippen molar-refractivity contribution in [2.45, 2.75) is 38.1 Å². The second-order valence-electron chi connectivity index (χ2n) is 8.86. The molecule has 1 aliphatic rings. The third-order valence-electron chi connectivity index (χ3n) is 6.66. The Hall–Kier alpha value is -3.56. The maximum Gasteiger partial charge on any atom is 0.387 e. The molecule has 0 unspecified atom stereocenters. The van der Waals surface area contributed by atoms with Crippen molar-refractivity contribution in [3.63, 3.8) is 0 Å². The first-order valence-corrected chi connectivity index (χ1v) is 12.0. The lowest BCUT2D eigenvalue weighted by atomic mass is 9.96. The van der Waals surface area contributed by atoms with E-state index in [1.54, 1.807) is 11.0 Å². The third-order valence-corrected chi connectivity index (χ3v) is 7.44. The van der Waals surface area contributed by atoms with Crippen molar-refractivity contribution in [2.75, 3.05) is 6.54 Å². The van der Waals surface area contributed by atoms with Gasteiger partial charge in [-0.3, -0.25) is 9.69 Å². The summed E-state index contributed by atoms with van der Waals surface area (Å²) >= 11 is 0. The van der Waals surface area contributed by atoms with Gasteiger partial charge in [-0.2, -0.15) is 8.78 Å². The number of halogens is 2. The summed E-state index contributed by atoms with van der Waals surface area (Å²) in [7, 11) is 3.39. The average Bonchev–Trinajstić information content (AvgIpc) is 3.43. The van der Waals surface area contributed by atoms with E-state index in [0.717, 1.165) is 22.3 Å². The highest BCUT2D eigenvalue weighted by Crippen LogP contribution is 2.37. The maximum atomic E-state index is 13.2. The van der Waals surface area contributed by atoms with Gasteiger partial charge >= 0.3 is 12.6 Å². The second kappa shape index (κ2) is 9.48. The van der Waals surface area contributed by atoms with Gasteiger partial charge in [-0.15, -0.1) is 0 Å². The fourth-order valence-corrected chi connectivity index (χ4v) is 5.14. The molecule has 2 heterocycles. The molecule has 0 aliphatic carbocycles. The molecule has 4 aromatic rings. The standard InChI is InChI=1S/C27H23F2N2O4Si/c1-16-19(17-7-3-2-4-8-17)9-5-10-20(16)24-30-21-13-18(22(35-26(28)29)14-23(21)34-24)15-31-12-6-11-27(31,36)25(32)33/h2-5,7-10,13-14,26H,6,11-12,15H2,1H3,(H,32,33)/t27-/m1/s1. The van der Waals surface area contributed by atoms with Crippen LogP contribution in [0.5, 0.6) is 5.75 Å². The molecule has 1 aromatic heterocycles. The number of alkyl halides is 2. The molecular formula is C27H23F2N2O4Si. The predicted octanol–water partition coefficient (Wildman–Crippen LogP) is 5.62. The molecule has 1 atom stereocenters. The number of carbonyl (C=O) groups is 1. The fraction of sp³-hybridized carbons (Fsp3) is 0.259. The minimum absolute atomic E-state index is 0.0683. The zero-order valence-corrected chi connectivity index (χ0v) is 20.5. The number of ether oxygens (including phenoxy) is 1. The van der Waals surface area contributed by atoms with Crippen LogP contribution in [0, 0.1) is 6.92 Å². The maximum absolute atomic E-state index is 13.2. The Kier molecular flexibility index (Phi) is 6.36. The van der Waals surface area contributed by atoms with Crippen LogP contribution in [-0.2, 0) is 11.3 Å². The van der Waals surface area contributed by atoms with Crippen LogP contribution in [0.4, 0.5) is 8.78 Å². The quantitative estimate of drug-likeness (QED) is 0.329. The zero-order chi connectivity index (χ0) is 25.4. The van der Waals surface area contributed by atoms with Gasteiger partial charge in [0.15, 0.2) is 5.58 Å². The van der Waals surface area contributed by atoms with Crippen molar-refractivity contribution in [1.82, 2.24) is 9.88 Å². The number of carboxylic acids is 1. The smallest absolute Gasteiger partial charge is 0.387 e. The van der Waals surface area contributed by atoms with Gasteiger partial charge in [-0.05, 0) is 55.1 Å². The lowest BCUT2D eigenvalue weighted by Crippen LogP contribution is -2.50. The number of aliphatic carboxylic acids is 1. The number of nitrogens with zero attached hydrogens (tertiary/aromatic N) is 2. The Morgan fingerprint density at radius 2 is 1.94 bits per heavy atom. The van der Waals surface area contributed by atoms with Crippen LogP contribution < -0.4 is 4.74 Å². The highest BCUT2D eigenvalue weighted by molar-refractivity contribution is 6.27. The summed E-state index contributed by atoms with van der Waals surface area (Å²) in [5, 5.41) is 8.44. The Labute approximate surface area is 209 Å². The zero-order valence-electron chi connectivity index (χ0n) is 19.5. The molecule has 0 saturated carbocycles. The van der Waals surface area contributed by atoms with Gasteiger partial charge in [0.25, 0.3) is 0 Å². The van der Waals surface area contributed by atoms with Gasteiger partial charge in [0.05, 0.1) is 10.2 Å². The van der Waals surface area contributed by atoms with E-state index in [9.17, 15) is 18.7 Å². The highest BCUT2D eigenvalue weighted by atomic mass is 28.1. The van der Waals surface area contributed by atoms with Gasteiger partial charge in [0, 0.05) is 23.7 Å². The summed E-state index contributed by atoms with van der Waals surface area (Å²) in [6.45, 7) is -0.465. The van der Waals surface area contributed by atoms with Crippen LogP contribution >= 0.6 is 0 Å². The Morgan fingerprint density at radius 3 is 2.67 bits per heavy atom. The average molecular weight is 506 g/mol. The van der Waals surface area contributed by atoms with Gasteiger partial charge in [0.2, 0.25) is 5.89 Å². The lowest BCUT2D eigenvalue weighted by Gasteiger charge is -2.31. The number of hydrogen-bond donors (Lipinski definition) is 1. The fourth-order valence-electron chi connectivity index (χ4n) is 4.78. The number of rotatable bonds is 7. The number of fused-ring (bicyclic) bond motifs is 1. The molecule has 1 fully saturated rings. The summed E-state index contributed by atoms with van der Waals surface area (Å²) < 4.78 is 37.3. The molecule has 3 radical (unpaired) electrons. The summed E-state index contributed by atoms with van der Waals surface area (Å²) in [5.41, 5.74) is 5.04. The van der Waals surface area contributed by atoms with Crippen molar-refractivity contribution in [1.29, 1.82) is 0 Å². The Balaban J connectivity index is 1.56. The van der Waals surface area contributed by atoms with Crippen LogP contribution in [0.15, 0.2) is 65.1 Å². The minimum atomic E-state index is -3.04. The van der Waals surface area contributed by atoms with Crippen LogP contribution in [0.1, 0.15) is 24.0 Å². The Bertz CT molecular complexity index is 1430. The van der Waals surface area contributed by atoms with Crippen LogP contribution in [0.2, 0.25) is 0 Å². The molecule has 36 heavy (non-hydrogen) atoms. The lowest BCUT2D eigenvalue weighted by molar-refractivity contribution is -0.144. The molecule has 0 spiro atoms. The predicted molar refractivity (Wildman–Crippen MR) is 132 cm³/mol. The number of hydrogen-bond acceptors (Lipinski definition) is 5. The molecular weight excluding hydrogens is 482 g/mol. The molecule has 0 amide bonds. The van der Waals surface area contributed by atoms with Crippen molar-refractivity contribution in [3.8, 4) is 28.3 Å². The molecule has 183 valence electrons. The second-order valence-corrected chi connectivity index (χ2v) is 9.69. The van der Waals surface area contributed by atoms with Crippen LogP contribution in [-0.4, -0.2) is 49.5 Å². The number of carboxylic acid groups (broad SMARTS) is 1. The van der Waals surface area contributed by atoms with Crippen LogP contribution in [0.3, 0.4) is 0 Å². The third kappa shape index (κ3) is 4.40. The first kappa shape index (κ1) is 24.1. The first-order valence-electron chi connectivity index (χ1n) is 11.5. The molecule has 1 saturated heterocycles. The van der Waals surface area contributed by atoms with Crippen molar-refractivity contribution in [2.24, 2.45) is 0 Å². The number of oxazole rings is 1. The van der Waals surface area contributed by atoms with E-state index in [4.69, 9.17) is 9.15 Å².